The van der Waals surface area contributed by atoms with Crippen molar-refractivity contribution in [3.8, 4) is 0 Å². The van der Waals surface area contributed by atoms with Crippen LogP contribution in [0.15, 0.2) is 54.6 Å². The normalized spacial score (nSPS) is 14.7. The van der Waals surface area contributed by atoms with Crippen molar-refractivity contribution < 1.29 is 9.72 Å². The van der Waals surface area contributed by atoms with Crippen LogP contribution in [0.4, 0.5) is 11.4 Å². The fourth-order valence-electron chi connectivity index (χ4n) is 3.30. The third kappa shape index (κ3) is 5.27. The van der Waals surface area contributed by atoms with Crippen LogP contribution in [0.3, 0.4) is 0 Å². The summed E-state index contributed by atoms with van der Waals surface area (Å²) in [5, 5.41) is 13.9. The molecule has 2 aromatic carbocycles. The lowest BCUT2D eigenvalue weighted by atomic mass is 10.1. The number of piperazine rings is 1. The highest BCUT2D eigenvalue weighted by Gasteiger charge is 2.18. The number of benzene rings is 2. The second-order valence-corrected chi connectivity index (χ2v) is 6.58. The van der Waals surface area contributed by atoms with E-state index < -0.39 is 4.92 Å². The predicted octanol–water partition coefficient (Wildman–Crippen LogP) is 2.08. The van der Waals surface area contributed by atoms with Gasteiger partial charge in [0.1, 0.15) is 0 Å². The Labute approximate surface area is 158 Å². The van der Waals surface area contributed by atoms with Crippen molar-refractivity contribution in [2.24, 2.45) is 0 Å². The molecule has 0 radical (unpaired) electrons. The van der Waals surface area contributed by atoms with Crippen molar-refractivity contribution in [1.82, 2.24) is 10.2 Å². The number of carbonyl (C=O) groups is 1. The van der Waals surface area contributed by atoms with Gasteiger partial charge in [-0.15, -0.1) is 0 Å². The highest BCUT2D eigenvalue weighted by Crippen LogP contribution is 2.18. The molecule has 1 amide bonds. The standard InChI is InChI=1S/C20H24N4O3/c25-20(16-17-6-4-5-9-19(17)24(26)27)21-10-11-22-12-14-23(15-13-22)18-7-2-1-3-8-18/h1-9H,10-16H2,(H,21,25). The predicted molar refractivity (Wildman–Crippen MR) is 105 cm³/mol. The Morgan fingerprint density at radius 3 is 2.37 bits per heavy atom. The molecule has 7 heteroatoms. The van der Waals surface area contributed by atoms with Crippen LogP contribution in [0.25, 0.3) is 0 Å². The quantitative estimate of drug-likeness (QED) is 0.598. The lowest BCUT2D eigenvalue weighted by molar-refractivity contribution is -0.385. The molecule has 1 saturated heterocycles. The Hall–Kier alpha value is -2.93. The number of hydrogen-bond acceptors (Lipinski definition) is 5. The molecule has 1 N–H and O–H groups in total. The van der Waals surface area contributed by atoms with Gasteiger partial charge in [-0.25, -0.2) is 0 Å². The second kappa shape index (κ2) is 9.14. The summed E-state index contributed by atoms with van der Waals surface area (Å²) in [6.07, 6.45) is 0.0267. The first kappa shape index (κ1) is 18.8. The number of hydrogen-bond donors (Lipinski definition) is 1. The molecule has 0 aromatic heterocycles. The zero-order valence-corrected chi connectivity index (χ0v) is 15.2. The van der Waals surface area contributed by atoms with E-state index in [1.165, 1.54) is 11.8 Å². The molecule has 0 saturated carbocycles. The SMILES string of the molecule is O=C(Cc1ccccc1[N+](=O)[O-])NCCN1CCN(c2ccccc2)CC1. The highest BCUT2D eigenvalue weighted by molar-refractivity contribution is 5.79. The molecule has 0 unspecified atom stereocenters. The fraction of sp³-hybridized carbons (Fsp3) is 0.350. The molecule has 1 aliphatic rings. The van der Waals surface area contributed by atoms with Gasteiger partial charge >= 0.3 is 0 Å². The number of para-hydroxylation sites is 2. The van der Waals surface area contributed by atoms with Crippen LogP contribution in [0.2, 0.25) is 0 Å². The van der Waals surface area contributed by atoms with E-state index in [-0.39, 0.29) is 18.0 Å². The van der Waals surface area contributed by atoms with Gasteiger partial charge in [-0.3, -0.25) is 19.8 Å². The minimum atomic E-state index is -0.450. The van der Waals surface area contributed by atoms with Crippen LogP contribution in [0.5, 0.6) is 0 Å². The first-order valence-corrected chi connectivity index (χ1v) is 9.15. The molecule has 0 aliphatic carbocycles. The maximum atomic E-state index is 12.1. The molecule has 1 heterocycles. The lowest BCUT2D eigenvalue weighted by Crippen LogP contribution is -2.48. The van der Waals surface area contributed by atoms with Gasteiger partial charge in [0.2, 0.25) is 5.91 Å². The van der Waals surface area contributed by atoms with E-state index in [0.29, 0.717) is 12.1 Å². The summed E-state index contributed by atoms with van der Waals surface area (Å²) in [5.74, 6) is -0.188. The smallest absolute Gasteiger partial charge is 0.273 e. The molecule has 1 fully saturated rings. The summed E-state index contributed by atoms with van der Waals surface area (Å²) in [5.41, 5.74) is 1.68. The summed E-state index contributed by atoms with van der Waals surface area (Å²) < 4.78 is 0. The molecule has 0 atom stereocenters. The number of nitro benzene ring substituents is 1. The number of amides is 1. The lowest BCUT2D eigenvalue weighted by Gasteiger charge is -2.36. The van der Waals surface area contributed by atoms with E-state index in [0.717, 1.165) is 32.7 Å². The summed E-state index contributed by atoms with van der Waals surface area (Å²) in [7, 11) is 0. The van der Waals surface area contributed by atoms with E-state index in [1.54, 1.807) is 18.2 Å². The Bertz CT molecular complexity index is 774. The zero-order chi connectivity index (χ0) is 19.1. The summed E-state index contributed by atoms with van der Waals surface area (Å²) in [6.45, 7) is 5.17. The van der Waals surface area contributed by atoms with Gasteiger partial charge in [0, 0.05) is 56.6 Å². The monoisotopic (exact) mass is 368 g/mol. The summed E-state index contributed by atoms with van der Waals surface area (Å²) in [4.78, 5) is 27.4. The van der Waals surface area contributed by atoms with Gasteiger partial charge in [0.15, 0.2) is 0 Å². The van der Waals surface area contributed by atoms with Crippen molar-refractivity contribution in [1.29, 1.82) is 0 Å². The number of nitrogens with zero attached hydrogens (tertiary/aromatic N) is 3. The number of nitrogens with one attached hydrogen (secondary N) is 1. The minimum absolute atomic E-state index is 0.00955. The van der Waals surface area contributed by atoms with Gasteiger partial charge in [-0.1, -0.05) is 36.4 Å². The first-order chi connectivity index (χ1) is 13.1. The van der Waals surface area contributed by atoms with Crippen LogP contribution in [0.1, 0.15) is 5.56 Å². The van der Waals surface area contributed by atoms with Gasteiger partial charge < -0.3 is 10.2 Å². The maximum Gasteiger partial charge on any atom is 0.273 e. The highest BCUT2D eigenvalue weighted by atomic mass is 16.6. The summed E-state index contributed by atoms with van der Waals surface area (Å²) >= 11 is 0. The zero-order valence-electron chi connectivity index (χ0n) is 15.2. The molecule has 27 heavy (non-hydrogen) atoms. The van der Waals surface area contributed by atoms with Crippen molar-refractivity contribution in [2.75, 3.05) is 44.2 Å². The Morgan fingerprint density at radius 1 is 1.00 bits per heavy atom. The van der Waals surface area contributed by atoms with Crippen LogP contribution in [0, 0.1) is 10.1 Å². The number of anilines is 1. The van der Waals surface area contributed by atoms with Gasteiger partial charge in [0.05, 0.1) is 11.3 Å². The molecular formula is C20H24N4O3. The average Bonchev–Trinajstić information content (AvgIpc) is 2.69. The van der Waals surface area contributed by atoms with Crippen molar-refractivity contribution >= 4 is 17.3 Å². The van der Waals surface area contributed by atoms with Crippen LogP contribution in [-0.2, 0) is 11.2 Å². The number of carbonyl (C=O) groups excluding carboxylic acids is 1. The van der Waals surface area contributed by atoms with Gasteiger partial charge in [0.25, 0.3) is 5.69 Å². The first-order valence-electron chi connectivity index (χ1n) is 9.15. The Kier molecular flexibility index (Phi) is 6.38. The summed E-state index contributed by atoms with van der Waals surface area (Å²) in [6, 6.07) is 16.7. The molecule has 3 rings (SSSR count). The van der Waals surface area contributed by atoms with E-state index in [4.69, 9.17) is 0 Å². The fourth-order valence-corrected chi connectivity index (χ4v) is 3.30. The van der Waals surface area contributed by atoms with Crippen LogP contribution < -0.4 is 10.2 Å². The molecule has 0 bridgehead atoms. The van der Waals surface area contributed by atoms with Crippen LogP contribution in [-0.4, -0.2) is 55.0 Å². The molecule has 2 aromatic rings. The molecule has 142 valence electrons. The Morgan fingerprint density at radius 2 is 1.67 bits per heavy atom. The van der Waals surface area contributed by atoms with Crippen molar-refractivity contribution in [3.63, 3.8) is 0 Å². The largest absolute Gasteiger partial charge is 0.369 e. The van der Waals surface area contributed by atoms with Crippen LogP contribution >= 0.6 is 0 Å². The molecular weight excluding hydrogens is 344 g/mol. The van der Waals surface area contributed by atoms with E-state index >= 15 is 0 Å². The Balaban J connectivity index is 1.39. The van der Waals surface area contributed by atoms with E-state index in [2.05, 4.69) is 27.2 Å². The van der Waals surface area contributed by atoms with E-state index in [1.807, 2.05) is 18.2 Å². The van der Waals surface area contributed by atoms with E-state index in [9.17, 15) is 14.9 Å². The number of nitro groups is 1. The van der Waals surface area contributed by atoms with Crippen molar-refractivity contribution in [2.45, 2.75) is 6.42 Å². The number of rotatable bonds is 7. The minimum Gasteiger partial charge on any atom is -0.369 e. The van der Waals surface area contributed by atoms with Crippen molar-refractivity contribution in [3.05, 3.63) is 70.3 Å². The molecule has 1 aliphatic heterocycles. The maximum absolute atomic E-state index is 12.1. The molecule has 0 spiro atoms. The van der Waals surface area contributed by atoms with Gasteiger partial charge in [-0.2, -0.15) is 0 Å². The molecule has 7 nitrogen and oxygen atoms in total. The van der Waals surface area contributed by atoms with Gasteiger partial charge in [-0.05, 0) is 12.1 Å². The third-order valence-corrected chi connectivity index (χ3v) is 4.78. The third-order valence-electron chi connectivity index (χ3n) is 4.78. The topological polar surface area (TPSA) is 78.7 Å². The average molecular weight is 368 g/mol. The second-order valence-electron chi connectivity index (χ2n) is 6.58.